The third kappa shape index (κ3) is 3.83. The first-order valence-corrected chi connectivity index (χ1v) is 11.7. The van der Waals surface area contributed by atoms with Gasteiger partial charge in [-0.05, 0) is 19.1 Å². The molecule has 10 nitrogen and oxygen atoms in total. The summed E-state index contributed by atoms with van der Waals surface area (Å²) in [6, 6.07) is 20.2. The Kier molecular flexibility index (Phi) is 5.84. The molecule has 3 aromatic heterocycles. The third-order valence-electron chi connectivity index (χ3n) is 5.94. The van der Waals surface area contributed by atoms with Gasteiger partial charge in [0, 0.05) is 35.8 Å². The van der Waals surface area contributed by atoms with Gasteiger partial charge in [0.25, 0.3) is 5.56 Å². The largest absolute Gasteiger partial charge is 0.332 e. The van der Waals surface area contributed by atoms with Gasteiger partial charge < -0.3 is 0 Å². The van der Waals surface area contributed by atoms with Crippen molar-refractivity contribution in [3.8, 4) is 28.3 Å². The summed E-state index contributed by atoms with van der Waals surface area (Å²) in [4.78, 5) is 38.4. The fourth-order valence-electron chi connectivity index (χ4n) is 3.92. The molecule has 0 unspecified atom stereocenters. The Labute approximate surface area is 213 Å². The van der Waals surface area contributed by atoms with Crippen molar-refractivity contribution < 1.29 is 4.79 Å². The molecule has 5 rings (SSSR count). The van der Waals surface area contributed by atoms with Gasteiger partial charge in [-0.15, -0.1) is 5.10 Å². The Morgan fingerprint density at radius 1 is 0.917 bits per heavy atom. The molecule has 0 saturated heterocycles. The molecule has 0 bridgehead atoms. The van der Waals surface area contributed by atoms with E-state index in [1.165, 1.54) is 34.1 Å². The Balaban J connectivity index is 1.66. The average Bonchev–Trinajstić information content (AvgIpc) is 3.50. The second kappa shape index (κ2) is 9.00. The molecule has 2 aromatic carbocycles. The molecule has 5 aromatic rings. The van der Waals surface area contributed by atoms with Crippen LogP contribution in [0.4, 0.5) is 0 Å². The smallest absolute Gasteiger partial charge is 0.281 e. The predicted molar refractivity (Wildman–Crippen MR) is 137 cm³/mol. The van der Waals surface area contributed by atoms with Gasteiger partial charge in [-0.25, -0.2) is 9.48 Å². The molecule has 0 atom stereocenters. The summed E-state index contributed by atoms with van der Waals surface area (Å²) in [5.41, 5.74) is 2.21. The van der Waals surface area contributed by atoms with Crippen LogP contribution in [0.5, 0.6) is 0 Å². The van der Waals surface area contributed by atoms with Crippen LogP contribution in [0.3, 0.4) is 0 Å². The van der Waals surface area contributed by atoms with E-state index >= 15 is 0 Å². The zero-order valence-electron chi connectivity index (χ0n) is 19.6. The Morgan fingerprint density at radius 2 is 1.61 bits per heavy atom. The maximum Gasteiger partial charge on any atom is 0.332 e. The van der Waals surface area contributed by atoms with Crippen molar-refractivity contribution in [2.75, 3.05) is 0 Å². The fraction of sp³-hybridized carbons (Fsp3) is 0.120. The summed E-state index contributed by atoms with van der Waals surface area (Å²) in [5, 5.41) is 12.8. The standard InChI is InChI=1S/C25H20BrN7O3/c1-15-23(27-29-32(15)21-14-22(34)31(3)25(36)30(21)2)24(35)33-20(17-11-7-8-12-18(17)26)13-19(28-33)16-9-5-4-6-10-16/h4-14H,1-3H3. The number of rotatable bonds is 4. The number of benzene rings is 2. The summed E-state index contributed by atoms with van der Waals surface area (Å²) in [7, 11) is 2.91. The van der Waals surface area contributed by atoms with Crippen LogP contribution in [0.25, 0.3) is 28.3 Å². The van der Waals surface area contributed by atoms with E-state index in [0.29, 0.717) is 17.1 Å². The Hall–Kier alpha value is -4.38. The minimum absolute atomic E-state index is 0.0409. The molecule has 0 aliphatic heterocycles. The molecule has 36 heavy (non-hydrogen) atoms. The van der Waals surface area contributed by atoms with E-state index in [0.717, 1.165) is 20.2 Å². The lowest BCUT2D eigenvalue weighted by Gasteiger charge is -2.10. The predicted octanol–water partition coefficient (Wildman–Crippen LogP) is 2.95. The van der Waals surface area contributed by atoms with Crippen molar-refractivity contribution in [3.63, 3.8) is 0 Å². The molecule has 0 aliphatic carbocycles. The van der Waals surface area contributed by atoms with Crippen molar-refractivity contribution in [1.82, 2.24) is 33.9 Å². The van der Waals surface area contributed by atoms with Crippen LogP contribution < -0.4 is 11.2 Å². The third-order valence-corrected chi connectivity index (χ3v) is 6.63. The average molecular weight is 546 g/mol. The van der Waals surface area contributed by atoms with Gasteiger partial charge in [-0.2, -0.15) is 9.78 Å². The normalized spacial score (nSPS) is 11.1. The summed E-state index contributed by atoms with van der Waals surface area (Å²) in [6.07, 6.45) is 0. The van der Waals surface area contributed by atoms with E-state index in [4.69, 9.17) is 0 Å². The summed E-state index contributed by atoms with van der Waals surface area (Å²) in [6.45, 7) is 1.65. The van der Waals surface area contributed by atoms with Crippen LogP contribution in [0.15, 0.2) is 80.8 Å². The van der Waals surface area contributed by atoms with Crippen LogP contribution in [0.1, 0.15) is 16.2 Å². The lowest BCUT2D eigenvalue weighted by molar-refractivity contribution is 0.0941. The zero-order valence-corrected chi connectivity index (χ0v) is 21.2. The summed E-state index contributed by atoms with van der Waals surface area (Å²) >= 11 is 3.57. The molecule has 0 N–H and O–H groups in total. The Bertz CT molecular complexity index is 1750. The van der Waals surface area contributed by atoms with Crippen molar-refractivity contribution in [2.45, 2.75) is 6.92 Å². The molecule has 180 valence electrons. The van der Waals surface area contributed by atoms with Crippen molar-refractivity contribution in [2.24, 2.45) is 14.1 Å². The number of hydrogen-bond donors (Lipinski definition) is 0. The van der Waals surface area contributed by atoms with E-state index < -0.39 is 17.2 Å². The molecule has 0 radical (unpaired) electrons. The number of nitrogens with zero attached hydrogens (tertiary/aromatic N) is 7. The van der Waals surface area contributed by atoms with Crippen LogP contribution in [-0.4, -0.2) is 39.8 Å². The van der Waals surface area contributed by atoms with E-state index in [9.17, 15) is 14.4 Å². The quantitative estimate of drug-likeness (QED) is 0.343. The molecular weight excluding hydrogens is 526 g/mol. The van der Waals surface area contributed by atoms with Gasteiger partial charge >= 0.3 is 11.6 Å². The van der Waals surface area contributed by atoms with E-state index in [2.05, 4.69) is 31.3 Å². The van der Waals surface area contributed by atoms with Gasteiger partial charge in [0.15, 0.2) is 5.69 Å². The monoisotopic (exact) mass is 545 g/mol. The number of aromatic nitrogens is 7. The van der Waals surface area contributed by atoms with Crippen molar-refractivity contribution in [1.29, 1.82) is 0 Å². The second-order valence-corrected chi connectivity index (χ2v) is 9.01. The maximum atomic E-state index is 13.8. The first-order chi connectivity index (χ1) is 17.3. The Morgan fingerprint density at radius 3 is 2.33 bits per heavy atom. The highest BCUT2D eigenvalue weighted by atomic mass is 79.9. The summed E-state index contributed by atoms with van der Waals surface area (Å²) in [5.74, 6) is -0.302. The van der Waals surface area contributed by atoms with E-state index in [1.807, 2.05) is 60.7 Å². The molecular formula is C25H20BrN7O3. The summed E-state index contributed by atoms with van der Waals surface area (Å²) < 4.78 is 5.66. The minimum Gasteiger partial charge on any atom is -0.281 e. The van der Waals surface area contributed by atoms with Gasteiger partial charge in [0.2, 0.25) is 0 Å². The topological polar surface area (TPSA) is 110 Å². The van der Waals surface area contributed by atoms with Gasteiger partial charge in [-0.3, -0.25) is 18.7 Å². The highest BCUT2D eigenvalue weighted by Gasteiger charge is 2.25. The van der Waals surface area contributed by atoms with Crippen molar-refractivity contribution in [3.05, 3.63) is 103 Å². The molecule has 0 fully saturated rings. The SMILES string of the molecule is Cc1c(C(=O)n2nc(-c3ccccc3)cc2-c2ccccc2Br)nnn1-c1cc(=O)n(C)c(=O)n1C. The second-order valence-electron chi connectivity index (χ2n) is 8.15. The van der Waals surface area contributed by atoms with E-state index in [-0.39, 0.29) is 11.5 Å². The lowest BCUT2D eigenvalue weighted by Crippen LogP contribution is -2.38. The minimum atomic E-state index is -0.518. The van der Waals surface area contributed by atoms with E-state index in [1.54, 1.807) is 6.92 Å². The van der Waals surface area contributed by atoms with Crippen molar-refractivity contribution >= 4 is 21.8 Å². The van der Waals surface area contributed by atoms with Crippen LogP contribution in [-0.2, 0) is 14.1 Å². The molecule has 0 amide bonds. The van der Waals surface area contributed by atoms with Crippen LogP contribution in [0.2, 0.25) is 0 Å². The zero-order chi connectivity index (χ0) is 25.6. The molecule has 0 saturated carbocycles. The number of carbonyl (C=O) groups is 1. The molecule has 11 heteroatoms. The van der Waals surface area contributed by atoms with Crippen LogP contribution in [0, 0.1) is 6.92 Å². The maximum absolute atomic E-state index is 13.8. The van der Waals surface area contributed by atoms with Gasteiger partial charge in [0.05, 0.1) is 17.1 Å². The number of hydrogen-bond acceptors (Lipinski definition) is 6. The fourth-order valence-corrected chi connectivity index (χ4v) is 4.40. The highest BCUT2D eigenvalue weighted by molar-refractivity contribution is 9.10. The molecule has 0 spiro atoms. The molecule has 0 aliphatic rings. The first kappa shape index (κ1) is 23.4. The number of carbonyl (C=O) groups excluding carboxylic acids is 1. The highest BCUT2D eigenvalue weighted by Crippen LogP contribution is 2.32. The lowest BCUT2D eigenvalue weighted by atomic mass is 10.1. The first-order valence-electron chi connectivity index (χ1n) is 10.9. The molecule has 3 heterocycles. The van der Waals surface area contributed by atoms with Gasteiger partial charge in [0.1, 0.15) is 5.82 Å². The number of halogens is 1. The van der Waals surface area contributed by atoms with Crippen LogP contribution >= 0.6 is 15.9 Å². The van der Waals surface area contributed by atoms with Gasteiger partial charge in [-0.1, -0.05) is 69.7 Å².